The molecule has 0 radical (unpaired) electrons. The number of aliphatic hydroxyl groups is 1. The largest absolute Gasteiger partial charge is 0.392 e. The normalized spacial score (nSPS) is 17.8. The molecule has 27 heavy (non-hydrogen) atoms. The van der Waals surface area contributed by atoms with Crippen LogP contribution in [0, 0.1) is 5.82 Å². The molecular formula is C20H23FN4O2. The number of nitrogens with one attached hydrogen (secondary N) is 1. The Bertz CT molecular complexity index is 978. The maximum Gasteiger partial charge on any atom is 0.183 e. The first kappa shape index (κ1) is 17.9. The average Bonchev–Trinajstić information content (AvgIpc) is 3.32. The molecule has 0 amide bonds. The molecule has 1 aliphatic heterocycles. The molecule has 3 aromatic rings. The number of carbonyl (C=O) groups is 1. The van der Waals surface area contributed by atoms with E-state index < -0.39 is 0 Å². The second-order valence-corrected chi connectivity index (χ2v) is 7.22. The number of nitrogens with zero attached hydrogens (tertiary/aromatic N) is 3. The van der Waals surface area contributed by atoms with E-state index in [9.17, 15) is 14.3 Å². The van der Waals surface area contributed by atoms with E-state index in [1.807, 2.05) is 6.07 Å². The fourth-order valence-electron chi connectivity index (χ4n) is 3.70. The van der Waals surface area contributed by atoms with Crippen LogP contribution < -0.4 is 0 Å². The number of aromatic nitrogens is 3. The van der Waals surface area contributed by atoms with Gasteiger partial charge in [0.2, 0.25) is 0 Å². The van der Waals surface area contributed by atoms with Gasteiger partial charge < -0.3 is 15.0 Å². The Kier molecular flexibility index (Phi) is 4.80. The van der Waals surface area contributed by atoms with Gasteiger partial charge in [-0.2, -0.15) is 5.10 Å². The number of carbonyl (C=O) groups excluding carboxylic acids is 1. The van der Waals surface area contributed by atoms with E-state index in [1.54, 1.807) is 23.9 Å². The second kappa shape index (κ2) is 7.25. The summed E-state index contributed by atoms with van der Waals surface area (Å²) in [4.78, 5) is 17.9. The van der Waals surface area contributed by atoms with E-state index in [4.69, 9.17) is 0 Å². The lowest BCUT2D eigenvalue weighted by Gasteiger charge is -2.13. The van der Waals surface area contributed by atoms with Gasteiger partial charge in [-0.05, 0) is 49.7 Å². The summed E-state index contributed by atoms with van der Waals surface area (Å²) in [5.74, 6) is -0.266. The summed E-state index contributed by atoms with van der Waals surface area (Å²) in [6.45, 7) is 2.41. The number of Topliss-reactive ketones (excluding diaryl/α,β-unsaturated/α-hetero) is 1. The first-order chi connectivity index (χ1) is 13.0. The minimum atomic E-state index is -0.278. The van der Waals surface area contributed by atoms with Crippen LogP contribution in [0.1, 0.15) is 29.8 Å². The molecule has 0 unspecified atom stereocenters. The van der Waals surface area contributed by atoms with Crippen molar-refractivity contribution in [3.8, 4) is 11.4 Å². The maximum atomic E-state index is 13.4. The average molecular weight is 370 g/mol. The lowest BCUT2D eigenvalue weighted by molar-refractivity contribution is 0.0969. The number of fused-ring (bicyclic) bond motifs is 1. The van der Waals surface area contributed by atoms with Crippen LogP contribution in [-0.4, -0.2) is 56.3 Å². The molecular weight excluding hydrogens is 347 g/mol. The summed E-state index contributed by atoms with van der Waals surface area (Å²) >= 11 is 0. The number of halogens is 1. The molecule has 2 N–H and O–H groups in total. The van der Waals surface area contributed by atoms with E-state index >= 15 is 0 Å². The molecule has 4 rings (SSSR count). The van der Waals surface area contributed by atoms with Crippen molar-refractivity contribution in [3.05, 3.63) is 41.8 Å². The van der Waals surface area contributed by atoms with Crippen LogP contribution in [0.3, 0.4) is 0 Å². The number of aromatic amines is 1. The highest BCUT2D eigenvalue weighted by molar-refractivity contribution is 5.95. The van der Waals surface area contributed by atoms with Crippen molar-refractivity contribution in [2.45, 2.75) is 25.4 Å². The predicted molar refractivity (Wildman–Crippen MR) is 101 cm³/mol. The summed E-state index contributed by atoms with van der Waals surface area (Å²) in [5.41, 5.74) is 2.88. The van der Waals surface area contributed by atoms with Crippen molar-refractivity contribution in [2.75, 3.05) is 19.6 Å². The van der Waals surface area contributed by atoms with Gasteiger partial charge in [0.25, 0.3) is 0 Å². The molecule has 1 fully saturated rings. The molecule has 3 heterocycles. The number of likely N-dealkylation sites (tertiary alicyclic amines) is 1. The third-order valence-electron chi connectivity index (χ3n) is 5.15. The summed E-state index contributed by atoms with van der Waals surface area (Å²) in [5, 5.41) is 14.7. The van der Waals surface area contributed by atoms with Gasteiger partial charge in [0.1, 0.15) is 11.5 Å². The topological polar surface area (TPSA) is 74.2 Å². The van der Waals surface area contributed by atoms with Crippen LogP contribution in [0.5, 0.6) is 0 Å². The zero-order valence-corrected chi connectivity index (χ0v) is 15.3. The zero-order chi connectivity index (χ0) is 19.0. The van der Waals surface area contributed by atoms with Crippen molar-refractivity contribution >= 4 is 16.7 Å². The lowest BCUT2D eigenvalue weighted by Crippen LogP contribution is -2.23. The van der Waals surface area contributed by atoms with Crippen molar-refractivity contribution in [1.29, 1.82) is 0 Å². The van der Waals surface area contributed by atoms with Crippen LogP contribution >= 0.6 is 0 Å². The van der Waals surface area contributed by atoms with E-state index in [1.165, 1.54) is 12.1 Å². The van der Waals surface area contributed by atoms with Gasteiger partial charge in [-0.25, -0.2) is 4.39 Å². The van der Waals surface area contributed by atoms with Gasteiger partial charge in [-0.3, -0.25) is 9.48 Å². The van der Waals surface area contributed by atoms with Crippen molar-refractivity contribution in [3.63, 3.8) is 0 Å². The van der Waals surface area contributed by atoms with E-state index in [-0.39, 0.29) is 17.7 Å². The number of rotatable bonds is 6. The molecule has 0 saturated carbocycles. The van der Waals surface area contributed by atoms with Crippen molar-refractivity contribution in [2.24, 2.45) is 7.05 Å². The first-order valence-electron chi connectivity index (χ1n) is 9.26. The molecule has 1 atom stereocenters. The highest BCUT2D eigenvalue weighted by Crippen LogP contribution is 2.25. The molecule has 0 bridgehead atoms. The van der Waals surface area contributed by atoms with Gasteiger partial charge in [0, 0.05) is 37.5 Å². The standard InChI is InChI=1S/C20H23FN4O2/c1-24-19(17-10-13-9-14(21)4-5-16(13)22-17)11-18(23-24)20(27)3-2-7-25-8-6-15(26)12-25/h4-5,9-11,15,22,26H,2-3,6-8,12H2,1H3/t15-/m1/s1. The Morgan fingerprint density at radius 2 is 2.22 bits per heavy atom. The second-order valence-electron chi connectivity index (χ2n) is 7.22. The summed E-state index contributed by atoms with van der Waals surface area (Å²) in [7, 11) is 1.80. The zero-order valence-electron chi connectivity index (χ0n) is 15.3. The molecule has 142 valence electrons. The number of hydrogen-bond donors (Lipinski definition) is 2. The fourth-order valence-corrected chi connectivity index (χ4v) is 3.70. The number of ketones is 1. The van der Waals surface area contributed by atoms with E-state index in [0.29, 0.717) is 18.7 Å². The Morgan fingerprint density at radius 1 is 1.37 bits per heavy atom. The smallest absolute Gasteiger partial charge is 0.183 e. The SMILES string of the molecule is Cn1nc(C(=O)CCCN2CC[C@@H](O)C2)cc1-c1cc2cc(F)ccc2[nH]1. The number of H-pyrrole nitrogens is 1. The number of hydrogen-bond acceptors (Lipinski definition) is 4. The highest BCUT2D eigenvalue weighted by Gasteiger charge is 2.20. The van der Waals surface area contributed by atoms with Gasteiger partial charge in [-0.15, -0.1) is 0 Å². The van der Waals surface area contributed by atoms with Crippen LogP contribution in [0.15, 0.2) is 30.3 Å². The molecule has 2 aromatic heterocycles. The van der Waals surface area contributed by atoms with Crippen LogP contribution in [0.25, 0.3) is 22.3 Å². The number of aryl methyl sites for hydroxylation is 1. The molecule has 1 saturated heterocycles. The Balaban J connectivity index is 1.44. The van der Waals surface area contributed by atoms with Gasteiger partial charge in [-0.1, -0.05) is 0 Å². The fraction of sp³-hybridized carbons (Fsp3) is 0.400. The first-order valence-corrected chi connectivity index (χ1v) is 9.26. The summed E-state index contributed by atoms with van der Waals surface area (Å²) in [6, 6.07) is 8.24. The molecule has 1 aliphatic rings. The van der Waals surface area contributed by atoms with Crippen LogP contribution in [-0.2, 0) is 7.05 Å². The molecule has 0 spiro atoms. The van der Waals surface area contributed by atoms with Gasteiger partial charge in [0.15, 0.2) is 5.78 Å². The Labute approximate surface area is 156 Å². The third kappa shape index (κ3) is 3.79. The lowest BCUT2D eigenvalue weighted by atomic mass is 10.1. The summed E-state index contributed by atoms with van der Waals surface area (Å²) < 4.78 is 15.1. The molecule has 6 nitrogen and oxygen atoms in total. The van der Waals surface area contributed by atoms with Crippen LogP contribution in [0.4, 0.5) is 4.39 Å². The molecule has 0 aliphatic carbocycles. The Morgan fingerprint density at radius 3 is 3.00 bits per heavy atom. The van der Waals surface area contributed by atoms with E-state index in [2.05, 4.69) is 15.0 Å². The maximum absolute atomic E-state index is 13.4. The van der Waals surface area contributed by atoms with Gasteiger partial charge >= 0.3 is 0 Å². The van der Waals surface area contributed by atoms with Crippen molar-refractivity contribution in [1.82, 2.24) is 19.7 Å². The van der Waals surface area contributed by atoms with Crippen molar-refractivity contribution < 1.29 is 14.3 Å². The minimum Gasteiger partial charge on any atom is -0.392 e. The van der Waals surface area contributed by atoms with E-state index in [0.717, 1.165) is 48.2 Å². The minimum absolute atomic E-state index is 0.0127. The number of aliphatic hydroxyl groups excluding tert-OH is 1. The molecule has 7 heteroatoms. The monoisotopic (exact) mass is 370 g/mol. The van der Waals surface area contributed by atoms with Gasteiger partial charge in [0.05, 0.1) is 17.5 Å². The Hall–Kier alpha value is -2.51. The predicted octanol–water partition coefficient (Wildman–Crippen LogP) is 2.74. The highest BCUT2D eigenvalue weighted by atomic mass is 19.1. The third-order valence-corrected chi connectivity index (χ3v) is 5.15. The number of β-amino-alcohol motifs (C(OH)–C–C–N with tert-alkyl or cyclic N) is 1. The van der Waals surface area contributed by atoms with Crippen LogP contribution in [0.2, 0.25) is 0 Å². The number of benzene rings is 1. The molecule has 1 aromatic carbocycles. The summed E-state index contributed by atoms with van der Waals surface area (Å²) in [6.07, 6.45) is 1.76. The quantitative estimate of drug-likeness (QED) is 0.655.